The molecule has 3 rings (SSSR count). The Balaban J connectivity index is 1.85. The van der Waals surface area contributed by atoms with E-state index in [0.717, 1.165) is 29.1 Å². The van der Waals surface area contributed by atoms with Crippen LogP contribution in [0.1, 0.15) is 23.2 Å². The summed E-state index contributed by atoms with van der Waals surface area (Å²) in [5.41, 5.74) is 0.414. The normalized spacial score (nSPS) is 14.2. The minimum atomic E-state index is -3.88. The number of nitrogens with zero attached hydrogens (tertiary/aromatic N) is 3. The minimum absolute atomic E-state index is 0.0309. The molecule has 1 saturated heterocycles. The summed E-state index contributed by atoms with van der Waals surface area (Å²) < 4.78 is 28.7. The Hall–Kier alpha value is -1.56. The van der Waals surface area contributed by atoms with Gasteiger partial charge in [0.05, 0.1) is 10.5 Å². The molecule has 0 radical (unpaired) electrons. The number of carbonyl (C=O) groups excluding carboxylic acids is 1. The molecule has 11 heteroatoms. The maximum Gasteiger partial charge on any atom is 0.263 e. The molecule has 150 valence electrons. The lowest BCUT2D eigenvalue weighted by Gasteiger charge is -2.18. The van der Waals surface area contributed by atoms with Gasteiger partial charge in [-0.15, -0.1) is 28.5 Å². The van der Waals surface area contributed by atoms with Crippen molar-refractivity contribution in [1.82, 2.24) is 15.1 Å². The quantitative estimate of drug-likeness (QED) is 0.479. The van der Waals surface area contributed by atoms with Crippen LogP contribution in [-0.2, 0) is 10.0 Å². The van der Waals surface area contributed by atoms with Gasteiger partial charge >= 0.3 is 0 Å². The van der Waals surface area contributed by atoms with Crippen molar-refractivity contribution in [3.05, 3.63) is 36.4 Å². The third-order valence-electron chi connectivity index (χ3n) is 4.06. The predicted octanol–water partition coefficient (Wildman–Crippen LogP) is 3.57. The summed E-state index contributed by atoms with van der Waals surface area (Å²) in [7, 11) is -3.88. The van der Waals surface area contributed by atoms with E-state index in [1.54, 1.807) is 17.0 Å². The number of rotatable bonds is 8. The van der Waals surface area contributed by atoms with Crippen LogP contribution in [0, 0.1) is 0 Å². The summed E-state index contributed by atoms with van der Waals surface area (Å²) in [4.78, 5) is 15.4. The molecule has 0 bridgehead atoms. The van der Waals surface area contributed by atoms with Gasteiger partial charge in [-0.25, -0.2) is 8.42 Å². The molecule has 0 aliphatic carbocycles. The fourth-order valence-corrected chi connectivity index (χ4v) is 6.06. The lowest BCUT2D eigenvalue weighted by molar-refractivity contribution is 0.0789. The lowest BCUT2D eigenvalue weighted by Crippen LogP contribution is -2.28. The number of likely N-dealkylation sites (tertiary alicyclic amines) is 1. The second-order valence-electron chi connectivity index (χ2n) is 5.94. The number of hydrogen-bond donors (Lipinski definition) is 1. The summed E-state index contributed by atoms with van der Waals surface area (Å²) in [6.07, 6.45) is 5.56. The maximum absolute atomic E-state index is 12.8. The number of anilines is 1. The summed E-state index contributed by atoms with van der Waals surface area (Å²) >= 11 is 4.01. The van der Waals surface area contributed by atoms with Gasteiger partial charge in [-0.2, -0.15) is 0 Å². The number of nitrogens with one attached hydrogen (secondary N) is 1. The van der Waals surface area contributed by atoms with Gasteiger partial charge in [0.1, 0.15) is 0 Å². The third kappa shape index (κ3) is 4.88. The molecule has 0 saturated carbocycles. The minimum Gasteiger partial charge on any atom is -0.339 e. The van der Waals surface area contributed by atoms with Crippen LogP contribution in [0.2, 0.25) is 0 Å². The van der Waals surface area contributed by atoms with Gasteiger partial charge in [0, 0.05) is 23.7 Å². The largest absolute Gasteiger partial charge is 0.339 e. The molecule has 2 heterocycles. The number of hydrogen-bond acceptors (Lipinski definition) is 8. The van der Waals surface area contributed by atoms with Crippen molar-refractivity contribution in [3.8, 4) is 0 Å². The molecule has 1 amide bonds. The molecule has 7 nitrogen and oxygen atoms in total. The van der Waals surface area contributed by atoms with E-state index < -0.39 is 10.0 Å². The molecular formula is C17H20N4O3S4. The number of amides is 1. The average molecular weight is 457 g/mol. The molecule has 1 N–H and O–H groups in total. The number of aromatic nitrogens is 2. The summed E-state index contributed by atoms with van der Waals surface area (Å²) in [6, 6.07) is 4.63. The van der Waals surface area contributed by atoms with Crippen LogP contribution < -0.4 is 4.72 Å². The van der Waals surface area contributed by atoms with Gasteiger partial charge in [-0.3, -0.25) is 9.52 Å². The second kappa shape index (κ2) is 9.29. The van der Waals surface area contributed by atoms with Crippen molar-refractivity contribution < 1.29 is 13.2 Å². The number of sulfonamides is 1. The van der Waals surface area contributed by atoms with Gasteiger partial charge in [0.2, 0.25) is 5.13 Å². The van der Waals surface area contributed by atoms with Crippen molar-refractivity contribution in [2.75, 3.05) is 29.8 Å². The highest BCUT2D eigenvalue weighted by molar-refractivity contribution is 8.01. The fraction of sp³-hybridized carbons (Fsp3) is 0.353. The molecular weight excluding hydrogens is 436 g/mol. The van der Waals surface area contributed by atoms with E-state index in [9.17, 15) is 13.2 Å². The topological polar surface area (TPSA) is 92.3 Å². The van der Waals surface area contributed by atoms with Crippen LogP contribution in [0.4, 0.5) is 5.13 Å². The van der Waals surface area contributed by atoms with E-state index in [2.05, 4.69) is 21.5 Å². The van der Waals surface area contributed by atoms with E-state index in [1.165, 1.54) is 35.7 Å². The molecule has 1 aromatic heterocycles. The Bertz CT molecular complexity index is 969. The predicted molar refractivity (Wildman–Crippen MR) is 115 cm³/mol. The molecule has 0 unspecified atom stereocenters. The Labute approximate surface area is 177 Å². The van der Waals surface area contributed by atoms with Gasteiger partial charge in [-0.1, -0.05) is 29.2 Å². The third-order valence-corrected chi connectivity index (χ3v) is 8.29. The zero-order valence-electron chi connectivity index (χ0n) is 15.3. The molecule has 1 fully saturated rings. The number of benzene rings is 1. The molecule has 0 spiro atoms. The van der Waals surface area contributed by atoms with Gasteiger partial charge in [0.25, 0.3) is 15.9 Å². The summed E-state index contributed by atoms with van der Waals surface area (Å²) in [5.74, 6) is 0.539. The zero-order chi connectivity index (χ0) is 20.1. The molecule has 0 atom stereocenters. The van der Waals surface area contributed by atoms with Crippen molar-refractivity contribution in [2.24, 2.45) is 0 Å². The van der Waals surface area contributed by atoms with Gasteiger partial charge in [0.15, 0.2) is 4.34 Å². The molecule has 1 aromatic carbocycles. The highest BCUT2D eigenvalue weighted by Gasteiger charge is 2.25. The van der Waals surface area contributed by atoms with Crippen LogP contribution in [0.25, 0.3) is 0 Å². The Morgan fingerprint density at radius 1 is 1.36 bits per heavy atom. The van der Waals surface area contributed by atoms with Crippen molar-refractivity contribution in [2.45, 2.75) is 27.0 Å². The van der Waals surface area contributed by atoms with Crippen LogP contribution in [-0.4, -0.2) is 54.5 Å². The first-order valence-corrected chi connectivity index (χ1v) is 13.0. The standard InChI is InChI=1S/C17H20N4O3S4/c1-3-10-26-17-19-18-16(27-17)20-28(23,24)12-6-7-14(25-2)13(11-12)15(22)21-8-4-5-9-21/h3,6-7,11H,1,4-5,8-10H2,2H3,(H,18,20). The SMILES string of the molecule is C=CCSc1nnc(NS(=O)(=O)c2ccc(SC)c(C(=O)N3CCCC3)c2)s1. The van der Waals surface area contributed by atoms with Crippen LogP contribution in [0.5, 0.6) is 0 Å². The molecule has 28 heavy (non-hydrogen) atoms. The average Bonchev–Trinajstić information content (AvgIpc) is 3.37. The maximum atomic E-state index is 12.8. The Kier molecular flexibility index (Phi) is 7.02. The summed E-state index contributed by atoms with van der Waals surface area (Å²) in [6.45, 7) is 5.05. The first kappa shape index (κ1) is 21.2. The van der Waals surface area contributed by atoms with E-state index in [1.807, 2.05) is 6.26 Å². The van der Waals surface area contributed by atoms with Gasteiger partial charge < -0.3 is 4.90 Å². The van der Waals surface area contributed by atoms with E-state index >= 15 is 0 Å². The first-order chi connectivity index (χ1) is 13.4. The molecule has 1 aliphatic heterocycles. The van der Waals surface area contributed by atoms with Crippen molar-refractivity contribution >= 4 is 55.9 Å². The van der Waals surface area contributed by atoms with Crippen LogP contribution in [0.15, 0.2) is 45.0 Å². The summed E-state index contributed by atoms with van der Waals surface area (Å²) in [5, 5.41) is 8.02. The Morgan fingerprint density at radius 2 is 2.11 bits per heavy atom. The van der Waals surface area contributed by atoms with Crippen molar-refractivity contribution in [1.29, 1.82) is 0 Å². The van der Waals surface area contributed by atoms with E-state index in [-0.39, 0.29) is 15.9 Å². The van der Waals surface area contributed by atoms with Crippen molar-refractivity contribution in [3.63, 3.8) is 0 Å². The lowest BCUT2D eigenvalue weighted by atomic mass is 10.2. The second-order valence-corrected chi connectivity index (χ2v) is 10.7. The molecule has 2 aromatic rings. The van der Waals surface area contributed by atoms with E-state index in [4.69, 9.17) is 0 Å². The van der Waals surface area contributed by atoms with E-state index in [0.29, 0.717) is 28.7 Å². The highest BCUT2D eigenvalue weighted by Crippen LogP contribution is 2.29. The fourth-order valence-electron chi connectivity index (χ4n) is 2.73. The number of carbonyl (C=O) groups is 1. The highest BCUT2D eigenvalue weighted by atomic mass is 32.2. The zero-order valence-corrected chi connectivity index (χ0v) is 18.5. The number of thioether (sulfide) groups is 2. The van der Waals surface area contributed by atoms with Gasteiger partial charge in [-0.05, 0) is 37.3 Å². The molecule has 1 aliphatic rings. The Morgan fingerprint density at radius 3 is 2.79 bits per heavy atom. The smallest absolute Gasteiger partial charge is 0.263 e. The van der Waals surface area contributed by atoms with Crippen LogP contribution >= 0.6 is 34.9 Å². The monoisotopic (exact) mass is 456 g/mol. The van der Waals surface area contributed by atoms with Crippen LogP contribution in [0.3, 0.4) is 0 Å². The first-order valence-electron chi connectivity index (χ1n) is 8.52.